The van der Waals surface area contributed by atoms with Crippen LogP contribution in [0.15, 0.2) is 23.1 Å². The first-order valence-electron chi connectivity index (χ1n) is 6.75. The molecule has 2 atom stereocenters. The summed E-state index contributed by atoms with van der Waals surface area (Å²) in [5.41, 5.74) is 4.12. The number of esters is 1. The molecular weight excluding hydrogens is 349 g/mol. The number of hydrogen-bond donors (Lipinski definition) is 2. The second kappa shape index (κ2) is 6.71. The molecular formula is C14H13F3N2O4S. The van der Waals surface area contributed by atoms with Crippen LogP contribution in [0, 0.1) is 0 Å². The van der Waals surface area contributed by atoms with Crippen LogP contribution in [0.25, 0.3) is 0 Å². The Morgan fingerprint density at radius 3 is 2.67 bits per heavy atom. The van der Waals surface area contributed by atoms with E-state index < -0.39 is 40.9 Å². The van der Waals surface area contributed by atoms with Gasteiger partial charge in [-0.15, -0.1) is 11.8 Å². The molecule has 2 rings (SSSR count). The Kier molecular flexibility index (Phi) is 5.07. The van der Waals surface area contributed by atoms with Crippen molar-refractivity contribution in [1.82, 2.24) is 0 Å². The molecule has 10 heteroatoms. The smallest absolute Gasteiger partial charge is 0.416 e. The zero-order valence-corrected chi connectivity index (χ0v) is 13.2. The fourth-order valence-corrected chi connectivity index (χ4v) is 2.99. The summed E-state index contributed by atoms with van der Waals surface area (Å²) in [6.07, 6.45) is -5.99. The van der Waals surface area contributed by atoms with Gasteiger partial charge in [-0.3, -0.25) is 14.4 Å². The number of rotatable bonds is 4. The van der Waals surface area contributed by atoms with Crippen LogP contribution in [0.3, 0.4) is 0 Å². The second-order valence-electron chi connectivity index (χ2n) is 5.04. The van der Waals surface area contributed by atoms with Crippen LogP contribution in [0.4, 0.5) is 18.9 Å². The highest BCUT2D eigenvalue weighted by molar-refractivity contribution is 8.01. The monoisotopic (exact) mass is 362 g/mol. The zero-order chi connectivity index (χ0) is 18.1. The SMILES string of the molecule is C[C@H](OC(=O)C[C@H]1Sc2ccc(C(F)(F)F)cc2NC1=O)C(N)=O. The Morgan fingerprint density at radius 1 is 1.42 bits per heavy atom. The lowest BCUT2D eigenvalue weighted by Gasteiger charge is -2.24. The number of ether oxygens (including phenoxy) is 1. The number of nitrogens with one attached hydrogen (secondary N) is 1. The summed E-state index contributed by atoms with van der Waals surface area (Å²) < 4.78 is 42.8. The van der Waals surface area contributed by atoms with Crippen molar-refractivity contribution >= 4 is 35.2 Å². The predicted molar refractivity (Wildman–Crippen MR) is 79.1 cm³/mol. The van der Waals surface area contributed by atoms with Crippen LogP contribution in [0.5, 0.6) is 0 Å². The van der Waals surface area contributed by atoms with E-state index in [1.807, 2.05) is 0 Å². The molecule has 1 aromatic carbocycles. The van der Waals surface area contributed by atoms with Crippen LogP contribution >= 0.6 is 11.8 Å². The number of primary amides is 1. The molecule has 1 aromatic rings. The quantitative estimate of drug-likeness (QED) is 0.798. The van der Waals surface area contributed by atoms with E-state index in [1.165, 1.54) is 13.0 Å². The highest BCUT2D eigenvalue weighted by Gasteiger charge is 2.34. The number of carbonyl (C=O) groups excluding carboxylic acids is 3. The number of nitrogens with two attached hydrogens (primary N) is 1. The Balaban J connectivity index is 2.09. The normalized spacial score (nSPS) is 18.3. The summed E-state index contributed by atoms with van der Waals surface area (Å²) in [5, 5.41) is 1.47. The van der Waals surface area contributed by atoms with Gasteiger partial charge in [-0.05, 0) is 25.1 Å². The Hall–Kier alpha value is -2.23. The number of benzene rings is 1. The van der Waals surface area contributed by atoms with Crippen molar-refractivity contribution in [3.8, 4) is 0 Å². The molecule has 0 saturated heterocycles. The van der Waals surface area contributed by atoms with Gasteiger partial charge < -0.3 is 15.8 Å². The van der Waals surface area contributed by atoms with Crippen molar-refractivity contribution in [2.24, 2.45) is 5.73 Å². The first kappa shape index (κ1) is 18.1. The number of halogens is 3. The van der Waals surface area contributed by atoms with Crippen molar-refractivity contribution in [3.05, 3.63) is 23.8 Å². The average molecular weight is 362 g/mol. The van der Waals surface area contributed by atoms with E-state index in [1.54, 1.807) is 0 Å². The lowest BCUT2D eigenvalue weighted by molar-refractivity contribution is -0.154. The summed E-state index contributed by atoms with van der Waals surface area (Å²) in [5.74, 6) is -2.24. The second-order valence-corrected chi connectivity index (χ2v) is 6.29. The Labute approximate surface area is 138 Å². The summed E-state index contributed by atoms with van der Waals surface area (Å²) in [7, 11) is 0. The van der Waals surface area contributed by atoms with Crippen LogP contribution in [0.2, 0.25) is 0 Å². The third-order valence-corrected chi connectivity index (χ3v) is 4.46. The number of anilines is 1. The van der Waals surface area contributed by atoms with E-state index in [0.717, 1.165) is 23.9 Å². The molecule has 3 N–H and O–H groups in total. The molecule has 0 bridgehead atoms. The van der Waals surface area contributed by atoms with Crippen LogP contribution < -0.4 is 11.1 Å². The van der Waals surface area contributed by atoms with E-state index in [0.29, 0.717) is 4.90 Å². The van der Waals surface area contributed by atoms with Gasteiger partial charge >= 0.3 is 12.1 Å². The lowest BCUT2D eigenvalue weighted by Crippen LogP contribution is -2.35. The lowest BCUT2D eigenvalue weighted by atomic mass is 10.1. The van der Waals surface area contributed by atoms with Crippen molar-refractivity contribution in [3.63, 3.8) is 0 Å². The molecule has 2 amide bonds. The van der Waals surface area contributed by atoms with Gasteiger partial charge in [-0.1, -0.05) is 0 Å². The molecule has 0 radical (unpaired) electrons. The van der Waals surface area contributed by atoms with Gasteiger partial charge in [0.25, 0.3) is 5.91 Å². The van der Waals surface area contributed by atoms with Crippen molar-refractivity contribution in [2.75, 3.05) is 5.32 Å². The number of hydrogen-bond acceptors (Lipinski definition) is 5. The van der Waals surface area contributed by atoms with E-state index >= 15 is 0 Å². The first-order chi connectivity index (χ1) is 11.1. The summed E-state index contributed by atoms with van der Waals surface area (Å²) in [6.45, 7) is 1.29. The highest BCUT2D eigenvalue weighted by Crippen LogP contribution is 2.40. The number of amides is 2. The molecule has 0 aromatic heterocycles. The predicted octanol–water partition coefficient (Wildman–Crippen LogP) is 1.93. The van der Waals surface area contributed by atoms with E-state index in [4.69, 9.17) is 10.5 Å². The van der Waals surface area contributed by atoms with Crippen molar-refractivity contribution in [2.45, 2.75) is 35.8 Å². The molecule has 0 fully saturated rings. The number of fused-ring (bicyclic) bond motifs is 1. The third kappa shape index (κ3) is 4.19. The first-order valence-corrected chi connectivity index (χ1v) is 7.63. The van der Waals surface area contributed by atoms with Crippen molar-refractivity contribution in [1.29, 1.82) is 0 Å². The minimum Gasteiger partial charge on any atom is -0.453 e. The molecule has 0 spiro atoms. The minimum atomic E-state index is -4.52. The topological polar surface area (TPSA) is 98.5 Å². The van der Waals surface area contributed by atoms with Crippen LogP contribution in [-0.4, -0.2) is 29.1 Å². The summed E-state index contributed by atoms with van der Waals surface area (Å²) in [4.78, 5) is 34.9. The summed E-state index contributed by atoms with van der Waals surface area (Å²) >= 11 is 0.952. The Bertz CT molecular complexity index is 693. The molecule has 1 aliphatic rings. The molecule has 1 heterocycles. The van der Waals surface area contributed by atoms with E-state index in [9.17, 15) is 27.6 Å². The fourth-order valence-electron chi connectivity index (χ4n) is 1.92. The summed E-state index contributed by atoms with van der Waals surface area (Å²) in [6, 6.07) is 2.96. The van der Waals surface area contributed by atoms with Gasteiger partial charge in [0.05, 0.1) is 22.9 Å². The Morgan fingerprint density at radius 2 is 2.08 bits per heavy atom. The van der Waals surface area contributed by atoms with Gasteiger partial charge in [-0.25, -0.2) is 0 Å². The molecule has 130 valence electrons. The number of thioether (sulfide) groups is 1. The highest BCUT2D eigenvalue weighted by atomic mass is 32.2. The largest absolute Gasteiger partial charge is 0.453 e. The standard InChI is InChI=1S/C14H13F3N2O4S/c1-6(12(18)21)23-11(20)5-10-13(22)19-8-4-7(14(15,16)17)2-3-9(8)24-10/h2-4,6,10H,5H2,1H3,(H2,18,21)(H,19,22)/t6-,10+/m0/s1. The van der Waals surface area contributed by atoms with Crippen LogP contribution in [0.1, 0.15) is 18.9 Å². The maximum absolute atomic E-state index is 12.7. The minimum absolute atomic E-state index is 0.0370. The van der Waals surface area contributed by atoms with Gasteiger partial charge in [0.2, 0.25) is 5.91 Å². The average Bonchev–Trinajstić information content (AvgIpc) is 2.46. The molecule has 0 aliphatic carbocycles. The number of alkyl halides is 3. The van der Waals surface area contributed by atoms with Gasteiger partial charge in [0.1, 0.15) is 0 Å². The molecule has 0 unspecified atom stereocenters. The third-order valence-electron chi connectivity index (χ3n) is 3.19. The van der Waals surface area contributed by atoms with Gasteiger partial charge in [-0.2, -0.15) is 13.2 Å². The molecule has 1 aliphatic heterocycles. The van der Waals surface area contributed by atoms with Gasteiger partial charge in [0, 0.05) is 4.90 Å². The van der Waals surface area contributed by atoms with Gasteiger partial charge in [0.15, 0.2) is 6.10 Å². The zero-order valence-electron chi connectivity index (χ0n) is 12.3. The fraction of sp³-hybridized carbons (Fsp3) is 0.357. The van der Waals surface area contributed by atoms with Crippen LogP contribution in [-0.2, 0) is 25.3 Å². The maximum atomic E-state index is 12.7. The molecule has 0 saturated carbocycles. The van der Waals surface area contributed by atoms with E-state index in [-0.39, 0.29) is 12.1 Å². The van der Waals surface area contributed by atoms with Crippen molar-refractivity contribution < 1.29 is 32.3 Å². The van der Waals surface area contributed by atoms with E-state index in [2.05, 4.69) is 5.32 Å². The number of carbonyl (C=O) groups is 3. The maximum Gasteiger partial charge on any atom is 0.416 e. The molecule has 6 nitrogen and oxygen atoms in total. The molecule has 24 heavy (non-hydrogen) atoms.